The van der Waals surface area contributed by atoms with Gasteiger partial charge >= 0.3 is 0 Å². The lowest BCUT2D eigenvalue weighted by Crippen LogP contribution is -1.77. The molecule has 0 unspecified atom stereocenters. The maximum atomic E-state index is 7.29. The Morgan fingerprint density at radius 1 is 1.56 bits per heavy atom. The second kappa shape index (κ2) is 2.54. The molecule has 0 fully saturated rings. The summed E-state index contributed by atoms with van der Waals surface area (Å²) in [5.41, 5.74) is 0.741. The van der Waals surface area contributed by atoms with Crippen molar-refractivity contribution in [3.8, 4) is 0 Å². The minimum Gasteiger partial charge on any atom is -0.224 e. The van der Waals surface area contributed by atoms with E-state index in [1.54, 1.807) is 13.0 Å². The fraction of sp³-hybridized carbons (Fsp3) is 0.167. The first-order valence-electron chi connectivity index (χ1n) is 2.90. The topological polar surface area (TPSA) is 12.9 Å². The van der Waals surface area contributed by atoms with E-state index in [2.05, 4.69) is 4.98 Å². The van der Waals surface area contributed by atoms with Crippen molar-refractivity contribution in [2.45, 2.75) is 6.92 Å². The van der Waals surface area contributed by atoms with Crippen LogP contribution in [0.1, 0.15) is 6.93 Å². The van der Waals surface area contributed by atoms with E-state index in [9.17, 15) is 0 Å². The summed E-state index contributed by atoms with van der Waals surface area (Å²) >= 11 is 11.1. The third-order valence-corrected chi connectivity index (χ3v) is 1.21. The summed E-state index contributed by atoms with van der Waals surface area (Å²) in [6.45, 7) is 1.77. The molecule has 0 atom stereocenters. The van der Waals surface area contributed by atoms with Crippen molar-refractivity contribution in [3.05, 3.63) is 28.0 Å². The Morgan fingerprint density at radius 3 is 2.78 bits per heavy atom. The molecule has 0 radical (unpaired) electrons. The number of aromatic nitrogens is 1. The van der Waals surface area contributed by atoms with Gasteiger partial charge < -0.3 is 0 Å². The second-order valence-corrected chi connectivity index (χ2v) is 2.42. The Bertz CT molecular complexity index is 239. The summed E-state index contributed by atoms with van der Waals surface area (Å²) in [4.78, 5) is 3.68. The van der Waals surface area contributed by atoms with Gasteiger partial charge in [-0.15, -0.1) is 0 Å². The maximum absolute atomic E-state index is 7.29. The molecular formula is C6H5Cl2N. The number of nitrogens with zero attached hydrogens (tertiary/aromatic N) is 1. The molecular weight excluding hydrogens is 157 g/mol. The van der Waals surface area contributed by atoms with Crippen LogP contribution >= 0.6 is 23.2 Å². The molecule has 0 saturated carbocycles. The van der Waals surface area contributed by atoms with Crippen LogP contribution in [0.4, 0.5) is 0 Å². The van der Waals surface area contributed by atoms with Gasteiger partial charge in [-0.1, -0.05) is 23.2 Å². The molecule has 0 aromatic carbocycles. The molecule has 0 aliphatic rings. The molecule has 1 heterocycles. The van der Waals surface area contributed by atoms with E-state index in [0.29, 0.717) is 5.15 Å². The number of rotatable bonds is 0. The Labute approximate surface area is 65.0 Å². The molecule has 0 aliphatic heterocycles. The van der Waals surface area contributed by atoms with E-state index in [1.807, 2.05) is 0 Å². The van der Waals surface area contributed by atoms with Gasteiger partial charge in [-0.25, -0.2) is 4.98 Å². The van der Waals surface area contributed by atoms with Crippen LogP contribution in [0.3, 0.4) is 0 Å². The van der Waals surface area contributed by atoms with Gasteiger partial charge in [-0.3, -0.25) is 0 Å². The van der Waals surface area contributed by atoms with Gasteiger partial charge in [0, 0.05) is 0 Å². The highest BCUT2D eigenvalue weighted by Gasteiger charge is 1.92. The van der Waals surface area contributed by atoms with Crippen molar-refractivity contribution >= 4 is 23.2 Å². The standard InChI is InChI=1S/C6H5Cl2N/c1-4-2-5(7)9-6(8)3-4/h2-3H,1H3/i2D. The van der Waals surface area contributed by atoms with E-state index >= 15 is 0 Å². The largest absolute Gasteiger partial charge is 0.224 e. The minimum atomic E-state index is 0.157. The summed E-state index contributed by atoms with van der Waals surface area (Å²) in [5, 5.41) is 0.489. The molecule has 1 aromatic heterocycles. The molecule has 3 heteroatoms. The number of hydrogen-bond acceptors (Lipinski definition) is 1. The van der Waals surface area contributed by atoms with Crippen LogP contribution in [0.5, 0.6) is 0 Å². The molecule has 0 amide bonds. The van der Waals surface area contributed by atoms with Gasteiger partial charge in [-0.2, -0.15) is 0 Å². The third kappa shape index (κ3) is 1.84. The Hall–Kier alpha value is -0.270. The van der Waals surface area contributed by atoms with Crippen molar-refractivity contribution in [2.24, 2.45) is 0 Å². The normalized spacial score (nSPS) is 11.2. The Balaban J connectivity index is 3.31. The summed E-state index contributed by atoms with van der Waals surface area (Å²) in [7, 11) is 0. The summed E-state index contributed by atoms with van der Waals surface area (Å²) in [5.74, 6) is 0. The number of pyridine rings is 1. The van der Waals surface area contributed by atoms with Gasteiger partial charge in [0.05, 0.1) is 1.37 Å². The van der Waals surface area contributed by atoms with E-state index in [-0.39, 0.29) is 11.2 Å². The van der Waals surface area contributed by atoms with E-state index in [1.165, 1.54) is 0 Å². The summed E-state index contributed by atoms with van der Waals surface area (Å²) in [6.07, 6.45) is 0. The zero-order valence-corrected chi connectivity index (χ0v) is 6.29. The molecule has 1 nitrogen and oxygen atoms in total. The maximum Gasteiger partial charge on any atom is 0.131 e. The quantitative estimate of drug-likeness (QED) is 0.535. The first-order chi connectivity index (χ1) is 4.61. The van der Waals surface area contributed by atoms with Crippen LogP contribution in [0.2, 0.25) is 10.3 Å². The van der Waals surface area contributed by atoms with Gasteiger partial charge in [0.1, 0.15) is 10.3 Å². The Morgan fingerprint density at radius 2 is 2.22 bits per heavy atom. The minimum absolute atomic E-state index is 0.157. The molecule has 9 heavy (non-hydrogen) atoms. The predicted molar refractivity (Wildman–Crippen MR) is 39.0 cm³/mol. The molecule has 0 aliphatic carbocycles. The Kier molecular flexibility index (Phi) is 1.56. The average Bonchev–Trinajstić information content (AvgIpc) is 1.82. The molecule has 0 N–H and O–H groups in total. The molecule has 48 valence electrons. The van der Waals surface area contributed by atoms with Crippen molar-refractivity contribution in [1.29, 1.82) is 0 Å². The molecule has 0 spiro atoms. The fourth-order valence-electron chi connectivity index (χ4n) is 0.531. The van der Waals surface area contributed by atoms with Crippen molar-refractivity contribution in [1.82, 2.24) is 4.98 Å². The van der Waals surface area contributed by atoms with Crippen LogP contribution in [-0.2, 0) is 0 Å². The molecule has 0 saturated heterocycles. The van der Waals surface area contributed by atoms with Crippen molar-refractivity contribution in [2.75, 3.05) is 0 Å². The highest BCUT2D eigenvalue weighted by Crippen LogP contribution is 2.12. The first-order valence-corrected chi connectivity index (χ1v) is 3.16. The van der Waals surface area contributed by atoms with E-state index in [0.717, 1.165) is 5.56 Å². The highest BCUT2D eigenvalue weighted by atomic mass is 35.5. The highest BCUT2D eigenvalue weighted by molar-refractivity contribution is 6.32. The second-order valence-electron chi connectivity index (χ2n) is 1.68. The van der Waals surface area contributed by atoms with Gasteiger partial charge in [-0.05, 0) is 24.6 Å². The molecule has 0 bridgehead atoms. The number of halogens is 2. The molecule has 1 rings (SSSR count). The SMILES string of the molecule is [2H]c1c(C)cc(Cl)nc1Cl. The average molecular weight is 163 g/mol. The van der Waals surface area contributed by atoms with Gasteiger partial charge in [0.2, 0.25) is 0 Å². The van der Waals surface area contributed by atoms with Crippen LogP contribution in [0.25, 0.3) is 0 Å². The van der Waals surface area contributed by atoms with Gasteiger partial charge in [0.15, 0.2) is 0 Å². The number of aryl methyl sites for hydroxylation is 1. The smallest absolute Gasteiger partial charge is 0.131 e. The lowest BCUT2D eigenvalue weighted by Gasteiger charge is -1.92. The van der Waals surface area contributed by atoms with Crippen LogP contribution in [0, 0.1) is 6.92 Å². The molecule has 1 aromatic rings. The third-order valence-electron chi connectivity index (χ3n) is 0.841. The monoisotopic (exact) mass is 162 g/mol. The lowest BCUT2D eigenvalue weighted by atomic mass is 10.3. The van der Waals surface area contributed by atoms with Crippen LogP contribution in [-0.4, -0.2) is 4.98 Å². The summed E-state index contributed by atoms with van der Waals surface area (Å²) < 4.78 is 7.29. The van der Waals surface area contributed by atoms with Crippen molar-refractivity contribution < 1.29 is 1.37 Å². The number of hydrogen-bond donors (Lipinski definition) is 0. The fourth-order valence-corrected chi connectivity index (χ4v) is 1.06. The zero-order chi connectivity index (χ0) is 7.72. The lowest BCUT2D eigenvalue weighted by molar-refractivity contribution is 1.29. The van der Waals surface area contributed by atoms with Crippen LogP contribution < -0.4 is 0 Å². The van der Waals surface area contributed by atoms with Gasteiger partial charge in [0.25, 0.3) is 0 Å². The van der Waals surface area contributed by atoms with E-state index in [4.69, 9.17) is 24.6 Å². The zero-order valence-electron chi connectivity index (χ0n) is 5.78. The summed E-state index contributed by atoms with van der Waals surface area (Å²) in [6, 6.07) is 1.85. The van der Waals surface area contributed by atoms with Crippen LogP contribution in [0.15, 0.2) is 12.1 Å². The van der Waals surface area contributed by atoms with E-state index < -0.39 is 0 Å². The van der Waals surface area contributed by atoms with Crippen molar-refractivity contribution in [3.63, 3.8) is 0 Å². The first kappa shape index (κ1) is 5.51. The predicted octanol–water partition coefficient (Wildman–Crippen LogP) is 2.70.